The topological polar surface area (TPSA) is 56.0 Å². The highest BCUT2D eigenvalue weighted by Crippen LogP contribution is 2.27. The molecule has 7 heteroatoms. The van der Waals surface area contributed by atoms with E-state index in [1.165, 1.54) is 23.1 Å². The normalized spacial score (nSPS) is 10.8. The van der Waals surface area contributed by atoms with Crippen molar-refractivity contribution in [1.29, 1.82) is 0 Å². The standard InChI is InChI=1S/C15H11BrN2O2S2/c1-9-4-2-3-5-10(9)14-17-18-15(20-14)21-8-11(19)12-6-7-13(16)22-12/h2-7H,8H2,1H3. The van der Waals surface area contributed by atoms with E-state index in [0.717, 1.165) is 19.8 Å². The first-order valence-electron chi connectivity index (χ1n) is 6.44. The first-order valence-corrected chi connectivity index (χ1v) is 9.04. The predicted molar refractivity (Wildman–Crippen MR) is 91.5 cm³/mol. The number of aromatic nitrogens is 2. The lowest BCUT2D eigenvalue weighted by Crippen LogP contribution is -1.98. The summed E-state index contributed by atoms with van der Waals surface area (Å²) >= 11 is 6.03. The number of hydrogen-bond acceptors (Lipinski definition) is 6. The molecule has 0 saturated heterocycles. The molecule has 0 fully saturated rings. The van der Waals surface area contributed by atoms with Gasteiger partial charge in [-0.05, 0) is 46.6 Å². The Bertz CT molecular complexity index is 813. The zero-order chi connectivity index (χ0) is 15.5. The molecule has 4 nitrogen and oxygen atoms in total. The monoisotopic (exact) mass is 394 g/mol. The van der Waals surface area contributed by atoms with Gasteiger partial charge in [0.05, 0.1) is 14.4 Å². The van der Waals surface area contributed by atoms with E-state index in [1.807, 2.05) is 43.3 Å². The molecule has 0 amide bonds. The molecular weight excluding hydrogens is 384 g/mol. The van der Waals surface area contributed by atoms with Crippen LogP contribution in [0.15, 0.2) is 49.8 Å². The Balaban J connectivity index is 1.67. The Labute approximate surface area is 144 Å². The highest BCUT2D eigenvalue weighted by atomic mass is 79.9. The first kappa shape index (κ1) is 15.5. The number of rotatable bonds is 5. The zero-order valence-electron chi connectivity index (χ0n) is 11.6. The van der Waals surface area contributed by atoms with Crippen LogP contribution in [0.1, 0.15) is 15.2 Å². The lowest BCUT2D eigenvalue weighted by molar-refractivity contribution is 0.102. The van der Waals surface area contributed by atoms with Crippen molar-refractivity contribution in [3.8, 4) is 11.5 Å². The minimum absolute atomic E-state index is 0.0522. The molecule has 2 heterocycles. The van der Waals surface area contributed by atoms with Gasteiger partial charge in [-0.1, -0.05) is 30.0 Å². The smallest absolute Gasteiger partial charge is 0.277 e. The molecule has 112 valence electrons. The van der Waals surface area contributed by atoms with Gasteiger partial charge in [0.1, 0.15) is 0 Å². The zero-order valence-corrected chi connectivity index (χ0v) is 14.8. The van der Waals surface area contributed by atoms with Crippen molar-refractivity contribution in [3.05, 3.63) is 50.6 Å². The Morgan fingerprint density at radius 3 is 2.82 bits per heavy atom. The van der Waals surface area contributed by atoms with E-state index < -0.39 is 0 Å². The molecule has 1 aromatic carbocycles. The maximum absolute atomic E-state index is 12.0. The molecule has 3 rings (SSSR count). The first-order chi connectivity index (χ1) is 10.6. The molecule has 0 spiro atoms. The van der Waals surface area contributed by atoms with Crippen LogP contribution in [0, 0.1) is 6.92 Å². The molecule has 0 saturated carbocycles. The third kappa shape index (κ3) is 3.48. The van der Waals surface area contributed by atoms with E-state index in [1.54, 1.807) is 0 Å². The summed E-state index contributed by atoms with van der Waals surface area (Å²) in [6.45, 7) is 1.99. The van der Waals surface area contributed by atoms with Crippen molar-refractivity contribution in [2.24, 2.45) is 0 Å². The Hall–Kier alpha value is -1.44. The van der Waals surface area contributed by atoms with Gasteiger partial charge in [-0.2, -0.15) is 0 Å². The molecule has 22 heavy (non-hydrogen) atoms. The van der Waals surface area contributed by atoms with Gasteiger partial charge < -0.3 is 4.42 Å². The Morgan fingerprint density at radius 1 is 1.27 bits per heavy atom. The van der Waals surface area contributed by atoms with Crippen molar-refractivity contribution < 1.29 is 9.21 Å². The van der Waals surface area contributed by atoms with Crippen LogP contribution in [0.4, 0.5) is 0 Å². The number of thioether (sulfide) groups is 1. The minimum atomic E-state index is 0.0522. The summed E-state index contributed by atoms with van der Waals surface area (Å²) in [6, 6.07) is 11.5. The molecule has 0 aliphatic heterocycles. The van der Waals surface area contributed by atoms with Gasteiger partial charge in [-0.3, -0.25) is 4.79 Å². The van der Waals surface area contributed by atoms with Crippen molar-refractivity contribution in [2.75, 3.05) is 5.75 Å². The maximum Gasteiger partial charge on any atom is 0.277 e. The van der Waals surface area contributed by atoms with Crippen molar-refractivity contribution in [2.45, 2.75) is 12.1 Å². The van der Waals surface area contributed by atoms with Crippen LogP contribution in [0.2, 0.25) is 0 Å². The molecule has 0 aliphatic carbocycles. The predicted octanol–water partition coefficient (Wildman–Crippen LogP) is 4.84. The van der Waals surface area contributed by atoms with Crippen LogP contribution in [-0.4, -0.2) is 21.7 Å². The quantitative estimate of drug-likeness (QED) is 0.457. The van der Waals surface area contributed by atoms with Crippen LogP contribution in [0.25, 0.3) is 11.5 Å². The van der Waals surface area contributed by atoms with Crippen molar-refractivity contribution in [3.63, 3.8) is 0 Å². The van der Waals surface area contributed by atoms with E-state index in [4.69, 9.17) is 4.42 Å². The van der Waals surface area contributed by atoms with Crippen LogP contribution in [0.3, 0.4) is 0 Å². The molecule has 3 aromatic rings. The summed E-state index contributed by atoms with van der Waals surface area (Å²) in [5, 5.41) is 8.45. The number of aryl methyl sites for hydroxylation is 1. The van der Waals surface area contributed by atoms with Crippen LogP contribution in [0.5, 0.6) is 0 Å². The third-order valence-electron chi connectivity index (χ3n) is 2.96. The van der Waals surface area contributed by atoms with Crippen molar-refractivity contribution in [1.82, 2.24) is 10.2 Å². The van der Waals surface area contributed by atoms with Gasteiger partial charge >= 0.3 is 0 Å². The lowest BCUT2D eigenvalue weighted by Gasteiger charge is -1.98. The largest absolute Gasteiger partial charge is 0.411 e. The van der Waals surface area contributed by atoms with Gasteiger partial charge in [0.2, 0.25) is 5.89 Å². The molecule has 0 unspecified atom stereocenters. The molecular formula is C15H11BrN2O2S2. The van der Waals surface area contributed by atoms with Gasteiger partial charge in [0.15, 0.2) is 5.78 Å². The number of nitrogens with zero attached hydrogens (tertiary/aromatic N) is 2. The summed E-state index contributed by atoms with van der Waals surface area (Å²) in [7, 11) is 0. The number of halogens is 1. The second-order valence-electron chi connectivity index (χ2n) is 4.50. The molecule has 0 N–H and O–H groups in total. The molecule has 0 atom stereocenters. The fraction of sp³-hybridized carbons (Fsp3) is 0.133. The molecule has 2 aromatic heterocycles. The van der Waals surface area contributed by atoms with E-state index >= 15 is 0 Å². The number of carbonyl (C=O) groups is 1. The lowest BCUT2D eigenvalue weighted by atomic mass is 10.1. The average molecular weight is 395 g/mol. The maximum atomic E-state index is 12.0. The number of benzene rings is 1. The van der Waals surface area contributed by atoms with E-state index in [2.05, 4.69) is 26.1 Å². The van der Waals surface area contributed by atoms with E-state index in [0.29, 0.717) is 11.1 Å². The highest BCUT2D eigenvalue weighted by molar-refractivity contribution is 9.11. The van der Waals surface area contributed by atoms with Gasteiger partial charge in [-0.15, -0.1) is 21.5 Å². The summed E-state index contributed by atoms with van der Waals surface area (Å²) < 4.78 is 6.57. The Kier molecular flexibility index (Phi) is 4.75. The summed E-state index contributed by atoms with van der Waals surface area (Å²) in [4.78, 5) is 12.8. The van der Waals surface area contributed by atoms with E-state index in [-0.39, 0.29) is 11.5 Å². The van der Waals surface area contributed by atoms with Gasteiger partial charge in [-0.25, -0.2) is 0 Å². The third-order valence-corrected chi connectivity index (χ3v) is 5.44. The van der Waals surface area contributed by atoms with Crippen LogP contribution in [-0.2, 0) is 0 Å². The van der Waals surface area contributed by atoms with Crippen molar-refractivity contribution >= 4 is 44.8 Å². The fourth-order valence-electron chi connectivity index (χ4n) is 1.85. The SMILES string of the molecule is Cc1ccccc1-c1nnc(SCC(=O)c2ccc(Br)s2)o1. The second kappa shape index (κ2) is 6.76. The number of hydrogen-bond donors (Lipinski definition) is 0. The van der Waals surface area contributed by atoms with Crippen LogP contribution < -0.4 is 0 Å². The summed E-state index contributed by atoms with van der Waals surface area (Å²) in [5.74, 6) is 0.811. The molecule has 0 bridgehead atoms. The minimum Gasteiger partial charge on any atom is -0.411 e. The fourth-order valence-corrected chi connectivity index (χ4v) is 3.91. The van der Waals surface area contributed by atoms with Crippen LogP contribution >= 0.6 is 39.0 Å². The number of carbonyl (C=O) groups excluding carboxylic acids is 1. The number of thiophene rings is 1. The molecule has 0 radical (unpaired) electrons. The highest BCUT2D eigenvalue weighted by Gasteiger charge is 2.14. The number of ketones is 1. The van der Waals surface area contributed by atoms with Gasteiger partial charge in [0.25, 0.3) is 5.22 Å². The average Bonchev–Trinajstić information content (AvgIpc) is 3.14. The Morgan fingerprint density at radius 2 is 2.09 bits per heavy atom. The summed E-state index contributed by atoms with van der Waals surface area (Å²) in [6.07, 6.45) is 0. The molecule has 0 aliphatic rings. The second-order valence-corrected chi connectivity index (χ2v) is 7.89. The number of Topliss-reactive ketones (excluding diaryl/α,β-unsaturated/α-hetero) is 1. The van der Waals surface area contributed by atoms with Gasteiger partial charge in [0, 0.05) is 5.56 Å². The summed E-state index contributed by atoms with van der Waals surface area (Å²) in [5.41, 5.74) is 1.98. The van der Waals surface area contributed by atoms with E-state index in [9.17, 15) is 4.79 Å².